The van der Waals surface area contributed by atoms with Crippen LogP contribution in [0.4, 0.5) is 16.3 Å². The van der Waals surface area contributed by atoms with Gasteiger partial charge >= 0.3 is 6.03 Å². The Hall–Kier alpha value is -3.32. The fourth-order valence-corrected chi connectivity index (χ4v) is 3.98. The maximum atomic E-state index is 13.2. The summed E-state index contributed by atoms with van der Waals surface area (Å²) in [5.41, 5.74) is 4.35. The SMILES string of the molecule is CCCCN(CC(=O)Nc1cc(C(C)(C)C)nn1-c1ccc(C)cc1C)C(=O)Nc1cccc(Cl)c1. The minimum Gasteiger partial charge on any atom is -0.315 e. The minimum atomic E-state index is -0.348. The number of carbonyl (C=O) groups excluding carboxylic acids is 2. The van der Waals surface area contributed by atoms with Crippen molar-refractivity contribution in [3.05, 3.63) is 70.4 Å². The van der Waals surface area contributed by atoms with Gasteiger partial charge in [0.05, 0.1) is 11.4 Å². The molecular weight excluding hydrogens is 474 g/mol. The van der Waals surface area contributed by atoms with Crippen molar-refractivity contribution in [2.45, 2.75) is 59.8 Å². The molecule has 3 amide bonds. The Kier molecular flexibility index (Phi) is 8.79. The van der Waals surface area contributed by atoms with Crippen LogP contribution >= 0.6 is 11.6 Å². The molecule has 0 radical (unpaired) electrons. The Morgan fingerprint density at radius 1 is 1.06 bits per heavy atom. The van der Waals surface area contributed by atoms with Gasteiger partial charge in [0.15, 0.2) is 0 Å². The van der Waals surface area contributed by atoms with Crippen molar-refractivity contribution in [2.24, 2.45) is 0 Å². The van der Waals surface area contributed by atoms with E-state index in [-0.39, 0.29) is 23.9 Å². The molecule has 1 heterocycles. The lowest BCUT2D eigenvalue weighted by atomic mass is 9.92. The molecule has 0 fully saturated rings. The van der Waals surface area contributed by atoms with Crippen LogP contribution in [-0.4, -0.2) is 39.7 Å². The number of unbranched alkanes of at least 4 members (excludes halogenated alkanes) is 1. The van der Waals surface area contributed by atoms with Gasteiger partial charge in [-0.3, -0.25) is 4.79 Å². The first-order chi connectivity index (χ1) is 17.0. The second-order valence-corrected chi connectivity index (χ2v) is 10.6. The third-order valence-electron chi connectivity index (χ3n) is 5.80. The van der Waals surface area contributed by atoms with Crippen LogP contribution in [0.15, 0.2) is 48.5 Å². The number of carbonyl (C=O) groups is 2. The summed E-state index contributed by atoms with van der Waals surface area (Å²) in [6.45, 7) is 12.7. The average molecular weight is 510 g/mol. The van der Waals surface area contributed by atoms with E-state index in [4.69, 9.17) is 16.7 Å². The van der Waals surface area contributed by atoms with E-state index in [1.165, 1.54) is 4.90 Å². The smallest absolute Gasteiger partial charge is 0.315 e. The monoisotopic (exact) mass is 509 g/mol. The molecule has 0 aliphatic rings. The molecule has 2 N–H and O–H groups in total. The number of rotatable bonds is 8. The van der Waals surface area contributed by atoms with Gasteiger partial charge in [0.25, 0.3) is 0 Å². The summed E-state index contributed by atoms with van der Waals surface area (Å²) in [6.07, 6.45) is 1.68. The van der Waals surface area contributed by atoms with Gasteiger partial charge in [-0.05, 0) is 50.1 Å². The zero-order chi connectivity index (χ0) is 26.5. The molecular formula is C28H36ClN5O2. The van der Waals surface area contributed by atoms with Crippen LogP contribution in [0.3, 0.4) is 0 Å². The fourth-order valence-electron chi connectivity index (χ4n) is 3.79. The zero-order valence-corrected chi connectivity index (χ0v) is 22.7. The van der Waals surface area contributed by atoms with Crippen molar-refractivity contribution in [3.8, 4) is 5.69 Å². The van der Waals surface area contributed by atoms with Gasteiger partial charge in [-0.2, -0.15) is 5.10 Å². The maximum absolute atomic E-state index is 13.2. The number of aromatic nitrogens is 2. The van der Waals surface area contributed by atoms with Crippen LogP contribution in [0.25, 0.3) is 5.69 Å². The number of anilines is 2. The van der Waals surface area contributed by atoms with Crippen molar-refractivity contribution < 1.29 is 9.59 Å². The van der Waals surface area contributed by atoms with E-state index in [1.807, 2.05) is 39.0 Å². The number of amides is 3. The molecule has 192 valence electrons. The molecule has 7 nitrogen and oxygen atoms in total. The summed E-state index contributed by atoms with van der Waals surface area (Å²) in [6, 6.07) is 14.6. The number of nitrogens with zero attached hydrogens (tertiary/aromatic N) is 3. The van der Waals surface area contributed by atoms with Gasteiger partial charge in [0.1, 0.15) is 12.4 Å². The summed E-state index contributed by atoms with van der Waals surface area (Å²) in [4.78, 5) is 27.7. The van der Waals surface area contributed by atoms with Crippen molar-refractivity contribution in [3.63, 3.8) is 0 Å². The highest BCUT2D eigenvalue weighted by atomic mass is 35.5. The number of hydrogen-bond donors (Lipinski definition) is 2. The summed E-state index contributed by atoms with van der Waals surface area (Å²) in [5.74, 6) is 0.279. The van der Waals surface area contributed by atoms with Crippen LogP contribution < -0.4 is 10.6 Å². The first-order valence-corrected chi connectivity index (χ1v) is 12.6. The highest BCUT2D eigenvalue weighted by Crippen LogP contribution is 2.28. The number of hydrogen-bond acceptors (Lipinski definition) is 3. The van der Waals surface area contributed by atoms with Crippen molar-refractivity contribution in [1.82, 2.24) is 14.7 Å². The molecule has 0 aliphatic heterocycles. The Bertz CT molecular complexity index is 1230. The highest BCUT2D eigenvalue weighted by Gasteiger charge is 2.23. The molecule has 8 heteroatoms. The first kappa shape index (κ1) is 27.3. The molecule has 3 rings (SSSR count). The van der Waals surface area contributed by atoms with Gasteiger partial charge in [0.2, 0.25) is 5.91 Å². The molecule has 0 aliphatic carbocycles. The number of halogens is 1. The van der Waals surface area contributed by atoms with E-state index < -0.39 is 0 Å². The lowest BCUT2D eigenvalue weighted by Gasteiger charge is -2.22. The maximum Gasteiger partial charge on any atom is 0.322 e. The average Bonchev–Trinajstić information content (AvgIpc) is 3.20. The molecule has 0 bridgehead atoms. The van der Waals surface area contributed by atoms with E-state index in [0.717, 1.165) is 35.3 Å². The number of benzene rings is 2. The summed E-state index contributed by atoms with van der Waals surface area (Å²) in [7, 11) is 0. The van der Waals surface area contributed by atoms with Crippen molar-refractivity contribution >= 4 is 35.0 Å². The molecule has 1 aromatic heterocycles. The number of urea groups is 1. The van der Waals surface area contributed by atoms with E-state index in [2.05, 4.69) is 37.5 Å². The molecule has 0 atom stereocenters. The quantitative estimate of drug-likeness (QED) is 0.354. The fraction of sp³-hybridized carbons (Fsp3) is 0.393. The normalized spacial score (nSPS) is 11.3. The topological polar surface area (TPSA) is 79.3 Å². The lowest BCUT2D eigenvalue weighted by Crippen LogP contribution is -2.41. The van der Waals surface area contributed by atoms with Gasteiger partial charge in [-0.25, -0.2) is 9.48 Å². The lowest BCUT2D eigenvalue weighted by molar-refractivity contribution is -0.116. The van der Waals surface area contributed by atoms with Gasteiger partial charge < -0.3 is 15.5 Å². The molecule has 0 saturated heterocycles. The predicted octanol–water partition coefficient (Wildman–Crippen LogP) is 6.71. The molecule has 0 spiro atoms. The van der Waals surface area contributed by atoms with Gasteiger partial charge in [-0.1, -0.05) is 69.5 Å². The third kappa shape index (κ3) is 7.10. The second-order valence-electron chi connectivity index (χ2n) is 10.1. The van der Waals surface area contributed by atoms with Gasteiger partial charge in [0, 0.05) is 28.7 Å². The van der Waals surface area contributed by atoms with E-state index in [9.17, 15) is 9.59 Å². The molecule has 2 aromatic carbocycles. The predicted molar refractivity (Wildman–Crippen MR) is 147 cm³/mol. The molecule has 0 unspecified atom stereocenters. The summed E-state index contributed by atoms with van der Waals surface area (Å²) in [5, 5.41) is 11.2. The summed E-state index contributed by atoms with van der Waals surface area (Å²) >= 11 is 6.05. The Labute approximate surface area is 218 Å². The second kappa shape index (κ2) is 11.6. The first-order valence-electron chi connectivity index (χ1n) is 12.3. The van der Waals surface area contributed by atoms with Crippen molar-refractivity contribution in [2.75, 3.05) is 23.7 Å². The third-order valence-corrected chi connectivity index (χ3v) is 6.04. The largest absolute Gasteiger partial charge is 0.322 e. The zero-order valence-electron chi connectivity index (χ0n) is 22.0. The Morgan fingerprint density at radius 3 is 2.44 bits per heavy atom. The van der Waals surface area contributed by atoms with Crippen LogP contribution in [0.5, 0.6) is 0 Å². The van der Waals surface area contributed by atoms with E-state index in [1.54, 1.807) is 28.9 Å². The molecule has 0 saturated carbocycles. The molecule has 36 heavy (non-hydrogen) atoms. The Morgan fingerprint density at radius 2 is 1.81 bits per heavy atom. The van der Waals surface area contributed by atoms with Crippen LogP contribution in [0, 0.1) is 13.8 Å². The summed E-state index contributed by atoms with van der Waals surface area (Å²) < 4.78 is 1.77. The van der Waals surface area contributed by atoms with Crippen LogP contribution in [0.2, 0.25) is 5.02 Å². The minimum absolute atomic E-state index is 0.0880. The van der Waals surface area contributed by atoms with Crippen LogP contribution in [-0.2, 0) is 10.2 Å². The highest BCUT2D eigenvalue weighted by molar-refractivity contribution is 6.30. The van der Waals surface area contributed by atoms with Gasteiger partial charge in [-0.15, -0.1) is 0 Å². The number of aryl methyl sites for hydroxylation is 2. The van der Waals surface area contributed by atoms with Crippen LogP contribution in [0.1, 0.15) is 57.4 Å². The Balaban J connectivity index is 1.83. The van der Waals surface area contributed by atoms with E-state index >= 15 is 0 Å². The number of nitrogens with one attached hydrogen (secondary N) is 2. The van der Waals surface area contributed by atoms with E-state index in [0.29, 0.717) is 23.1 Å². The molecule has 3 aromatic rings. The standard InChI is InChI=1S/C28H36ClN5O2/c1-7-8-14-33(27(36)30-22-11-9-10-21(29)16-22)18-26(35)31-25-17-24(28(4,5)6)32-34(25)23-13-12-19(2)15-20(23)3/h9-13,15-17H,7-8,14,18H2,1-6H3,(H,30,36)(H,31,35). The van der Waals surface area contributed by atoms with Crippen molar-refractivity contribution in [1.29, 1.82) is 0 Å².